The third-order valence-corrected chi connectivity index (χ3v) is 2.58. The van der Waals surface area contributed by atoms with Crippen molar-refractivity contribution in [2.24, 2.45) is 0 Å². The summed E-state index contributed by atoms with van der Waals surface area (Å²) in [6.45, 7) is 6.17. The molecule has 4 heteroatoms. The van der Waals surface area contributed by atoms with Gasteiger partial charge in [0.05, 0.1) is 24.0 Å². The van der Waals surface area contributed by atoms with Crippen LogP contribution in [0.15, 0.2) is 18.2 Å². The predicted molar refractivity (Wildman–Crippen MR) is 71.8 cm³/mol. The highest BCUT2D eigenvalue weighted by atomic mass is 16.5. The van der Waals surface area contributed by atoms with E-state index in [-0.39, 0.29) is 6.10 Å². The van der Waals surface area contributed by atoms with Gasteiger partial charge in [-0.1, -0.05) is 19.4 Å². The van der Waals surface area contributed by atoms with Gasteiger partial charge in [-0.05, 0) is 32.4 Å². The Bertz CT molecular complexity index is 404. The molecule has 1 atom stereocenters. The van der Waals surface area contributed by atoms with Gasteiger partial charge in [-0.3, -0.25) is 0 Å². The smallest absolute Gasteiger partial charge is 0.340 e. The molecule has 1 rings (SSSR count). The number of anilines is 1. The second-order valence-corrected chi connectivity index (χ2v) is 4.15. The Morgan fingerprint density at radius 3 is 2.72 bits per heavy atom. The first kappa shape index (κ1) is 14.4. The predicted octanol–water partition coefficient (Wildman–Crippen LogP) is 3.01. The van der Waals surface area contributed by atoms with E-state index >= 15 is 0 Å². The minimum absolute atomic E-state index is 0.0785. The SMILES string of the molecule is CCCC(C)Oc1cccc(C(=O)OCC)c1N. The first-order valence-corrected chi connectivity index (χ1v) is 6.32. The molecule has 100 valence electrons. The van der Waals surface area contributed by atoms with Crippen molar-refractivity contribution in [1.29, 1.82) is 0 Å². The van der Waals surface area contributed by atoms with E-state index in [9.17, 15) is 4.79 Å². The molecule has 0 aliphatic rings. The van der Waals surface area contributed by atoms with Crippen LogP contribution in [0.3, 0.4) is 0 Å². The first-order valence-electron chi connectivity index (χ1n) is 6.32. The highest BCUT2D eigenvalue weighted by Gasteiger charge is 2.15. The van der Waals surface area contributed by atoms with Crippen LogP contribution >= 0.6 is 0 Å². The molecule has 0 fully saturated rings. The maximum Gasteiger partial charge on any atom is 0.340 e. The van der Waals surface area contributed by atoms with Crippen LogP contribution in [-0.4, -0.2) is 18.7 Å². The number of esters is 1. The van der Waals surface area contributed by atoms with Gasteiger partial charge in [0.1, 0.15) is 5.75 Å². The molecule has 4 nitrogen and oxygen atoms in total. The molecule has 2 N–H and O–H groups in total. The molecule has 1 aromatic rings. The molecule has 0 aliphatic heterocycles. The van der Waals surface area contributed by atoms with Crippen LogP contribution in [0.2, 0.25) is 0 Å². The van der Waals surface area contributed by atoms with Crippen LogP contribution in [0.1, 0.15) is 44.0 Å². The molecule has 0 heterocycles. The number of benzene rings is 1. The van der Waals surface area contributed by atoms with Crippen LogP contribution in [0, 0.1) is 0 Å². The van der Waals surface area contributed by atoms with Crippen molar-refractivity contribution in [3.05, 3.63) is 23.8 Å². The molecule has 0 saturated heterocycles. The lowest BCUT2D eigenvalue weighted by atomic mass is 10.1. The third kappa shape index (κ3) is 3.65. The van der Waals surface area contributed by atoms with Crippen LogP contribution in [0.25, 0.3) is 0 Å². The summed E-state index contributed by atoms with van der Waals surface area (Å²) in [5.41, 5.74) is 6.64. The molecule has 0 bridgehead atoms. The summed E-state index contributed by atoms with van der Waals surface area (Å²) in [6.07, 6.45) is 2.07. The number of hydrogen-bond donors (Lipinski definition) is 1. The van der Waals surface area contributed by atoms with Crippen molar-refractivity contribution in [2.45, 2.75) is 39.7 Å². The number of nitrogens with two attached hydrogens (primary N) is 1. The number of nitrogen functional groups attached to an aromatic ring is 1. The lowest BCUT2D eigenvalue weighted by Gasteiger charge is -2.16. The van der Waals surface area contributed by atoms with Crippen molar-refractivity contribution >= 4 is 11.7 Å². The number of ether oxygens (including phenoxy) is 2. The summed E-state index contributed by atoms with van der Waals surface area (Å²) in [5, 5.41) is 0. The summed E-state index contributed by atoms with van der Waals surface area (Å²) in [5.74, 6) is 0.130. The zero-order valence-corrected chi connectivity index (χ0v) is 11.2. The Hall–Kier alpha value is -1.71. The fourth-order valence-corrected chi connectivity index (χ4v) is 1.72. The molecule has 0 amide bonds. The standard InChI is InChI=1S/C14H21NO3/c1-4-7-10(3)18-12-9-6-8-11(13(12)15)14(16)17-5-2/h6,8-10H,4-5,7,15H2,1-3H3. The van der Waals surface area contributed by atoms with E-state index in [1.54, 1.807) is 25.1 Å². The van der Waals surface area contributed by atoms with E-state index in [4.69, 9.17) is 15.2 Å². The summed E-state index contributed by atoms with van der Waals surface area (Å²) in [6, 6.07) is 5.16. The normalized spacial score (nSPS) is 11.9. The minimum atomic E-state index is -0.413. The Kier molecular flexibility index (Phi) is 5.49. The largest absolute Gasteiger partial charge is 0.489 e. The van der Waals surface area contributed by atoms with E-state index in [1.807, 2.05) is 6.92 Å². The third-order valence-electron chi connectivity index (χ3n) is 2.58. The summed E-state index contributed by atoms with van der Waals surface area (Å²) in [7, 11) is 0. The fourth-order valence-electron chi connectivity index (χ4n) is 1.72. The summed E-state index contributed by atoms with van der Waals surface area (Å²) in [4.78, 5) is 11.7. The van der Waals surface area contributed by atoms with E-state index in [0.29, 0.717) is 23.6 Å². The number of carbonyl (C=O) groups is 1. The lowest BCUT2D eigenvalue weighted by Crippen LogP contribution is -2.14. The van der Waals surface area contributed by atoms with E-state index < -0.39 is 5.97 Å². The monoisotopic (exact) mass is 251 g/mol. The van der Waals surface area contributed by atoms with Gasteiger partial charge < -0.3 is 15.2 Å². The van der Waals surface area contributed by atoms with Crippen LogP contribution in [0.4, 0.5) is 5.69 Å². The summed E-state index contributed by atoms with van der Waals surface area (Å²) >= 11 is 0. The van der Waals surface area contributed by atoms with Crippen molar-refractivity contribution < 1.29 is 14.3 Å². The Morgan fingerprint density at radius 1 is 1.39 bits per heavy atom. The molecule has 1 aromatic carbocycles. The van der Waals surface area contributed by atoms with Crippen molar-refractivity contribution in [3.8, 4) is 5.75 Å². The second-order valence-electron chi connectivity index (χ2n) is 4.15. The quantitative estimate of drug-likeness (QED) is 0.623. The van der Waals surface area contributed by atoms with Gasteiger partial charge in [0, 0.05) is 0 Å². The Morgan fingerprint density at radius 2 is 2.11 bits per heavy atom. The second kappa shape index (κ2) is 6.89. The molecule has 1 unspecified atom stereocenters. The van der Waals surface area contributed by atoms with Crippen molar-refractivity contribution in [1.82, 2.24) is 0 Å². The van der Waals surface area contributed by atoms with Crippen molar-refractivity contribution in [3.63, 3.8) is 0 Å². The first-order chi connectivity index (χ1) is 8.60. The van der Waals surface area contributed by atoms with Gasteiger partial charge in [0.25, 0.3) is 0 Å². The highest BCUT2D eigenvalue weighted by Crippen LogP contribution is 2.27. The van der Waals surface area contributed by atoms with Crippen LogP contribution < -0.4 is 10.5 Å². The summed E-state index contributed by atoms with van der Waals surface area (Å²) < 4.78 is 10.7. The topological polar surface area (TPSA) is 61.5 Å². The zero-order chi connectivity index (χ0) is 13.5. The van der Waals surface area contributed by atoms with Gasteiger partial charge in [0.15, 0.2) is 0 Å². The van der Waals surface area contributed by atoms with E-state index in [1.165, 1.54) is 0 Å². The molecule has 0 spiro atoms. The van der Waals surface area contributed by atoms with Gasteiger partial charge >= 0.3 is 5.97 Å². The molecule has 0 aliphatic carbocycles. The minimum Gasteiger partial charge on any atom is -0.489 e. The van der Waals surface area contributed by atoms with E-state index in [0.717, 1.165) is 12.8 Å². The highest BCUT2D eigenvalue weighted by molar-refractivity contribution is 5.96. The number of para-hydroxylation sites is 1. The lowest BCUT2D eigenvalue weighted by molar-refractivity contribution is 0.0527. The zero-order valence-electron chi connectivity index (χ0n) is 11.2. The Labute approximate surface area is 108 Å². The van der Waals surface area contributed by atoms with Crippen molar-refractivity contribution in [2.75, 3.05) is 12.3 Å². The van der Waals surface area contributed by atoms with Crippen LogP contribution in [0.5, 0.6) is 5.75 Å². The molecule has 0 aromatic heterocycles. The van der Waals surface area contributed by atoms with Gasteiger partial charge in [-0.25, -0.2) is 4.79 Å². The average molecular weight is 251 g/mol. The van der Waals surface area contributed by atoms with Gasteiger partial charge in [0.2, 0.25) is 0 Å². The average Bonchev–Trinajstić information content (AvgIpc) is 2.32. The molecule has 18 heavy (non-hydrogen) atoms. The molecule has 0 saturated carbocycles. The molecular formula is C14H21NO3. The molecular weight excluding hydrogens is 230 g/mol. The number of rotatable bonds is 6. The fraction of sp³-hybridized carbons (Fsp3) is 0.500. The van der Waals surface area contributed by atoms with E-state index in [2.05, 4.69) is 6.92 Å². The molecule has 0 radical (unpaired) electrons. The van der Waals surface area contributed by atoms with Crippen LogP contribution in [-0.2, 0) is 4.74 Å². The number of hydrogen-bond acceptors (Lipinski definition) is 4. The maximum atomic E-state index is 11.7. The maximum absolute atomic E-state index is 11.7. The van der Waals surface area contributed by atoms with Gasteiger partial charge in [-0.15, -0.1) is 0 Å². The van der Waals surface area contributed by atoms with Gasteiger partial charge in [-0.2, -0.15) is 0 Å². The Balaban J connectivity index is 2.88. The number of carbonyl (C=O) groups excluding carboxylic acids is 1.